The first-order valence-corrected chi connectivity index (χ1v) is 8.92. The summed E-state index contributed by atoms with van der Waals surface area (Å²) >= 11 is 0. The van der Waals surface area contributed by atoms with Crippen molar-refractivity contribution in [2.24, 2.45) is 0 Å². The summed E-state index contributed by atoms with van der Waals surface area (Å²) in [5.41, 5.74) is 1.69. The molecule has 1 N–H and O–H groups in total. The van der Waals surface area contributed by atoms with Gasteiger partial charge < -0.3 is 0 Å². The molecule has 22 heavy (non-hydrogen) atoms. The van der Waals surface area contributed by atoms with E-state index in [4.69, 9.17) is 0 Å². The van der Waals surface area contributed by atoms with E-state index in [1.54, 1.807) is 0 Å². The van der Waals surface area contributed by atoms with Gasteiger partial charge in [-0.05, 0) is 35.6 Å². The smallest absolute Gasteiger partial charge is 0.214 e. The second-order valence-corrected chi connectivity index (χ2v) is 7.06. The zero-order chi connectivity index (χ0) is 16.0. The van der Waals surface area contributed by atoms with Crippen LogP contribution in [0.25, 0.3) is 0 Å². The molecule has 0 fully saturated rings. The van der Waals surface area contributed by atoms with Crippen molar-refractivity contribution in [3.05, 3.63) is 71.5 Å². The molecule has 0 heterocycles. The van der Waals surface area contributed by atoms with E-state index in [1.807, 2.05) is 37.3 Å². The molecule has 5 heteroatoms. The molecule has 1 atom stereocenters. The molecule has 2 rings (SSSR count). The highest BCUT2D eigenvalue weighted by molar-refractivity contribution is 7.88. The summed E-state index contributed by atoms with van der Waals surface area (Å²) in [6.45, 7) is 2.40. The molecule has 0 spiro atoms. The van der Waals surface area contributed by atoms with Gasteiger partial charge in [-0.1, -0.05) is 49.4 Å². The first-order valence-electron chi connectivity index (χ1n) is 7.27. The zero-order valence-corrected chi connectivity index (χ0v) is 13.3. The Morgan fingerprint density at radius 2 is 1.68 bits per heavy atom. The molecule has 0 amide bonds. The fraction of sp³-hybridized carbons (Fsp3) is 0.294. The molecule has 0 unspecified atom stereocenters. The molecule has 0 aliphatic rings. The molecular formula is C17H20FNO2S. The van der Waals surface area contributed by atoms with Gasteiger partial charge in [0.15, 0.2) is 0 Å². The quantitative estimate of drug-likeness (QED) is 0.849. The summed E-state index contributed by atoms with van der Waals surface area (Å²) in [4.78, 5) is 0. The van der Waals surface area contributed by atoms with Crippen LogP contribution < -0.4 is 4.72 Å². The summed E-state index contributed by atoms with van der Waals surface area (Å²) < 4.78 is 39.8. The number of hydrogen-bond acceptors (Lipinski definition) is 2. The first kappa shape index (κ1) is 16.6. The van der Waals surface area contributed by atoms with Crippen LogP contribution in [-0.2, 0) is 15.8 Å². The van der Waals surface area contributed by atoms with Gasteiger partial charge in [-0.15, -0.1) is 0 Å². The van der Waals surface area contributed by atoms with Crippen molar-refractivity contribution >= 4 is 10.0 Å². The first-order chi connectivity index (χ1) is 10.5. The predicted octanol–water partition coefficient (Wildman–Crippen LogP) is 3.44. The fourth-order valence-corrected chi connectivity index (χ4v) is 3.49. The summed E-state index contributed by atoms with van der Waals surface area (Å²) in [5, 5.41) is 0. The monoisotopic (exact) mass is 321 g/mol. The van der Waals surface area contributed by atoms with E-state index >= 15 is 0 Å². The maximum Gasteiger partial charge on any atom is 0.215 e. The Balaban J connectivity index is 1.98. The highest BCUT2D eigenvalue weighted by Crippen LogP contribution is 2.18. The minimum Gasteiger partial charge on any atom is -0.214 e. The average molecular weight is 321 g/mol. The highest BCUT2D eigenvalue weighted by atomic mass is 32.2. The van der Waals surface area contributed by atoms with Gasteiger partial charge in [0.25, 0.3) is 0 Å². The number of halogens is 1. The van der Waals surface area contributed by atoms with Crippen LogP contribution in [0.5, 0.6) is 0 Å². The Labute approximate surface area is 131 Å². The highest BCUT2D eigenvalue weighted by Gasteiger charge is 2.15. The molecule has 0 saturated heterocycles. The molecular weight excluding hydrogens is 301 g/mol. The number of rotatable bonds is 7. The molecule has 3 nitrogen and oxygen atoms in total. The van der Waals surface area contributed by atoms with E-state index in [-0.39, 0.29) is 17.5 Å². The molecule has 2 aromatic carbocycles. The Morgan fingerprint density at radius 3 is 2.27 bits per heavy atom. The van der Waals surface area contributed by atoms with Crippen LogP contribution in [0.4, 0.5) is 4.39 Å². The van der Waals surface area contributed by atoms with Crippen LogP contribution in [0.1, 0.15) is 30.4 Å². The van der Waals surface area contributed by atoms with Gasteiger partial charge in [0.2, 0.25) is 10.0 Å². The summed E-state index contributed by atoms with van der Waals surface area (Å²) in [6.07, 6.45) is 0.850. The van der Waals surface area contributed by atoms with Crippen molar-refractivity contribution in [2.45, 2.75) is 25.0 Å². The average Bonchev–Trinajstić information content (AvgIpc) is 2.51. The van der Waals surface area contributed by atoms with E-state index < -0.39 is 10.0 Å². The maximum absolute atomic E-state index is 12.8. The van der Waals surface area contributed by atoms with Crippen molar-refractivity contribution in [3.63, 3.8) is 0 Å². The molecule has 2 aromatic rings. The third kappa shape index (κ3) is 4.93. The number of hydrogen-bond donors (Lipinski definition) is 1. The lowest BCUT2D eigenvalue weighted by molar-refractivity contribution is 0.565. The van der Waals surface area contributed by atoms with Crippen molar-refractivity contribution in [2.75, 3.05) is 6.54 Å². The van der Waals surface area contributed by atoms with Crippen molar-refractivity contribution in [1.29, 1.82) is 0 Å². The van der Waals surface area contributed by atoms with E-state index in [1.165, 1.54) is 24.3 Å². The zero-order valence-electron chi connectivity index (χ0n) is 12.5. The molecule has 0 aromatic heterocycles. The normalized spacial score (nSPS) is 13.0. The van der Waals surface area contributed by atoms with Crippen LogP contribution in [0.2, 0.25) is 0 Å². The van der Waals surface area contributed by atoms with Crippen LogP contribution in [-0.4, -0.2) is 15.0 Å². The van der Waals surface area contributed by atoms with E-state index in [2.05, 4.69) is 4.72 Å². The lowest BCUT2D eigenvalue weighted by Crippen LogP contribution is -2.29. The number of sulfonamides is 1. The van der Waals surface area contributed by atoms with Gasteiger partial charge in [0.05, 0.1) is 5.75 Å². The van der Waals surface area contributed by atoms with Crippen LogP contribution in [0.15, 0.2) is 54.6 Å². The molecule has 118 valence electrons. The lowest BCUT2D eigenvalue weighted by Gasteiger charge is -2.16. The van der Waals surface area contributed by atoms with Gasteiger partial charge in [-0.2, -0.15) is 0 Å². The largest absolute Gasteiger partial charge is 0.215 e. The molecule has 0 bridgehead atoms. The van der Waals surface area contributed by atoms with Crippen LogP contribution in [0, 0.1) is 5.82 Å². The fourth-order valence-electron chi connectivity index (χ4n) is 2.30. The summed E-state index contributed by atoms with van der Waals surface area (Å²) in [6, 6.07) is 15.4. The minimum atomic E-state index is -3.43. The Bertz CT molecular complexity index is 684. The van der Waals surface area contributed by atoms with Gasteiger partial charge >= 0.3 is 0 Å². The van der Waals surface area contributed by atoms with Crippen molar-refractivity contribution in [1.82, 2.24) is 4.72 Å². The van der Waals surface area contributed by atoms with Crippen molar-refractivity contribution in [3.8, 4) is 0 Å². The van der Waals surface area contributed by atoms with Gasteiger partial charge in [0.1, 0.15) is 5.82 Å². The Hall–Kier alpha value is -1.72. The van der Waals surface area contributed by atoms with Crippen LogP contribution >= 0.6 is 0 Å². The van der Waals surface area contributed by atoms with Gasteiger partial charge in [-0.25, -0.2) is 17.5 Å². The number of benzene rings is 2. The predicted molar refractivity (Wildman–Crippen MR) is 86.5 cm³/mol. The van der Waals surface area contributed by atoms with Crippen LogP contribution in [0.3, 0.4) is 0 Å². The summed E-state index contributed by atoms with van der Waals surface area (Å²) in [7, 11) is -3.43. The Morgan fingerprint density at radius 1 is 1.05 bits per heavy atom. The molecule has 0 radical (unpaired) electrons. The standard InChI is InChI=1S/C17H20FNO2S/c1-2-15(16-6-4-3-5-7-16)12-19-22(20,21)13-14-8-10-17(18)11-9-14/h3-11,15,19H,2,12-13H2,1H3/t15-/m0/s1. The summed E-state index contributed by atoms with van der Waals surface area (Å²) in [5.74, 6) is -0.369. The van der Waals surface area contributed by atoms with Gasteiger partial charge in [-0.3, -0.25) is 0 Å². The van der Waals surface area contributed by atoms with E-state index in [0.717, 1.165) is 12.0 Å². The second kappa shape index (κ2) is 7.51. The molecule has 0 saturated carbocycles. The maximum atomic E-state index is 12.8. The van der Waals surface area contributed by atoms with Crippen molar-refractivity contribution < 1.29 is 12.8 Å². The van der Waals surface area contributed by atoms with E-state index in [9.17, 15) is 12.8 Å². The number of nitrogens with one attached hydrogen (secondary N) is 1. The molecule has 0 aliphatic heterocycles. The SMILES string of the molecule is CC[C@@H](CNS(=O)(=O)Cc1ccc(F)cc1)c1ccccc1. The Kier molecular flexibility index (Phi) is 5.69. The third-order valence-electron chi connectivity index (χ3n) is 3.58. The topological polar surface area (TPSA) is 46.2 Å². The lowest BCUT2D eigenvalue weighted by atomic mass is 9.97. The van der Waals surface area contributed by atoms with E-state index in [0.29, 0.717) is 12.1 Å². The van der Waals surface area contributed by atoms with Gasteiger partial charge in [0, 0.05) is 6.54 Å². The molecule has 0 aliphatic carbocycles. The second-order valence-electron chi connectivity index (χ2n) is 5.25. The minimum absolute atomic E-state index is 0.140. The third-order valence-corrected chi connectivity index (χ3v) is 4.90.